The first-order chi connectivity index (χ1) is 8.11. The van der Waals surface area contributed by atoms with Crippen molar-refractivity contribution < 1.29 is 9.90 Å². The molecule has 0 aliphatic heterocycles. The molecule has 0 atom stereocenters. The summed E-state index contributed by atoms with van der Waals surface area (Å²) in [6.45, 7) is 7.46. The van der Waals surface area contributed by atoms with Gasteiger partial charge in [0.25, 0.3) is 5.91 Å². The van der Waals surface area contributed by atoms with Crippen molar-refractivity contribution in [2.75, 3.05) is 19.7 Å². The zero-order valence-electron chi connectivity index (χ0n) is 10.9. The normalized spacial score (nSPS) is 10.9. The molecule has 0 saturated heterocycles. The van der Waals surface area contributed by atoms with Crippen LogP contribution in [0.25, 0.3) is 0 Å². The Bertz CT molecular complexity index is 358. The summed E-state index contributed by atoms with van der Waals surface area (Å²) < 4.78 is 1.98. The lowest BCUT2D eigenvalue weighted by atomic mass is 10.3. The van der Waals surface area contributed by atoms with Gasteiger partial charge in [-0.2, -0.15) is 0 Å². The van der Waals surface area contributed by atoms with Gasteiger partial charge in [0, 0.05) is 31.9 Å². The van der Waals surface area contributed by atoms with Crippen molar-refractivity contribution in [2.45, 2.75) is 33.2 Å². The fraction of sp³-hybridized carbons (Fsp3) is 0.615. The lowest BCUT2D eigenvalue weighted by Gasteiger charge is -2.22. The molecule has 0 spiro atoms. The molecular formula is C13H22N2O2. The standard InChI is InChI=1S/C13H22N2O2/c1-4-14(8-6-10-16)13(17)12-7-5-9-15(12)11(2)3/h5,7,9,11,16H,4,6,8,10H2,1-3H3. The average molecular weight is 238 g/mol. The summed E-state index contributed by atoms with van der Waals surface area (Å²) in [7, 11) is 0. The molecule has 1 amide bonds. The second-order valence-corrected chi connectivity index (χ2v) is 4.36. The molecule has 1 aromatic heterocycles. The highest BCUT2D eigenvalue weighted by molar-refractivity contribution is 5.92. The molecular weight excluding hydrogens is 216 g/mol. The maximum absolute atomic E-state index is 12.3. The maximum Gasteiger partial charge on any atom is 0.270 e. The van der Waals surface area contributed by atoms with E-state index in [1.165, 1.54) is 0 Å². The van der Waals surface area contributed by atoms with Crippen LogP contribution in [0.1, 0.15) is 43.7 Å². The van der Waals surface area contributed by atoms with Crippen molar-refractivity contribution in [3.63, 3.8) is 0 Å². The Kier molecular flexibility index (Phi) is 5.22. The summed E-state index contributed by atoms with van der Waals surface area (Å²) in [6.07, 6.45) is 2.56. The van der Waals surface area contributed by atoms with Crippen molar-refractivity contribution in [2.24, 2.45) is 0 Å². The van der Waals surface area contributed by atoms with Crippen LogP contribution in [0.3, 0.4) is 0 Å². The van der Waals surface area contributed by atoms with Gasteiger partial charge in [0.1, 0.15) is 5.69 Å². The summed E-state index contributed by atoms with van der Waals surface area (Å²) in [5, 5.41) is 8.82. The Morgan fingerprint density at radius 2 is 2.24 bits per heavy atom. The molecule has 0 unspecified atom stereocenters. The smallest absolute Gasteiger partial charge is 0.270 e. The van der Waals surface area contributed by atoms with E-state index in [-0.39, 0.29) is 18.6 Å². The van der Waals surface area contributed by atoms with Gasteiger partial charge in [0.2, 0.25) is 0 Å². The van der Waals surface area contributed by atoms with Gasteiger partial charge in [-0.3, -0.25) is 4.79 Å². The van der Waals surface area contributed by atoms with Crippen LogP contribution in [0.2, 0.25) is 0 Å². The van der Waals surface area contributed by atoms with Crippen molar-refractivity contribution >= 4 is 5.91 Å². The number of hydrogen-bond acceptors (Lipinski definition) is 2. The lowest BCUT2D eigenvalue weighted by molar-refractivity contribution is 0.0742. The zero-order valence-corrected chi connectivity index (χ0v) is 10.9. The lowest BCUT2D eigenvalue weighted by Crippen LogP contribution is -2.33. The predicted molar refractivity (Wildman–Crippen MR) is 68.1 cm³/mol. The van der Waals surface area contributed by atoms with Gasteiger partial charge in [-0.05, 0) is 39.3 Å². The number of rotatable bonds is 6. The van der Waals surface area contributed by atoms with Gasteiger partial charge in [-0.15, -0.1) is 0 Å². The molecule has 1 rings (SSSR count). The molecule has 0 aliphatic rings. The summed E-state index contributed by atoms with van der Waals surface area (Å²) in [5.74, 6) is 0.0413. The Balaban J connectivity index is 2.82. The Labute approximate surface area is 103 Å². The minimum absolute atomic E-state index is 0.0413. The van der Waals surface area contributed by atoms with E-state index >= 15 is 0 Å². The highest BCUT2D eigenvalue weighted by atomic mass is 16.3. The SMILES string of the molecule is CCN(CCCO)C(=O)c1cccn1C(C)C. The average Bonchev–Trinajstić information content (AvgIpc) is 2.78. The first kappa shape index (κ1) is 13.8. The van der Waals surface area contributed by atoms with Crippen LogP contribution in [0.15, 0.2) is 18.3 Å². The molecule has 1 aromatic rings. The minimum atomic E-state index is 0.0413. The van der Waals surface area contributed by atoms with E-state index < -0.39 is 0 Å². The number of hydrogen-bond donors (Lipinski definition) is 1. The number of aromatic nitrogens is 1. The Hall–Kier alpha value is -1.29. The summed E-state index contributed by atoms with van der Waals surface area (Å²) in [6, 6.07) is 4.03. The van der Waals surface area contributed by atoms with Crippen LogP contribution in [0.5, 0.6) is 0 Å². The van der Waals surface area contributed by atoms with Gasteiger partial charge in [0.15, 0.2) is 0 Å². The van der Waals surface area contributed by atoms with Crippen molar-refractivity contribution in [1.29, 1.82) is 0 Å². The highest BCUT2D eigenvalue weighted by Crippen LogP contribution is 2.13. The van der Waals surface area contributed by atoms with Gasteiger partial charge in [-0.25, -0.2) is 0 Å². The minimum Gasteiger partial charge on any atom is -0.396 e. The maximum atomic E-state index is 12.3. The van der Waals surface area contributed by atoms with E-state index in [0.717, 1.165) is 5.69 Å². The number of amides is 1. The fourth-order valence-corrected chi connectivity index (χ4v) is 1.85. The van der Waals surface area contributed by atoms with Crippen LogP contribution >= 0.6 is 0 Å². The fourth-order valence-electron chi connectivity index (χ4n) is 1.85. The van der Waals surface area contributed by atoms with Gasteiger partial charge in [0.05, 0.1) is 0 Å². The number of aliphatic hydroxyl groups is 1. The number of aliphatic hydroxyl groups excluding tert-OH is 1. The predicted octanol–water partition coefficient (Wildman–Crippen LogP) is 1.91. The van der Waals surface area contributed by atoms with E-state index in [1.807, 2.05) is 29.8 Å². The van der Waals surface area contributed by atoms with Crippen molar-refractivity contribution in [1.82, 2.24) is 9.47 Å². The summed E-state index contributed by atoms with van der Waals surface area (Å²) in [5.41, 5.74) is 0.722. The highest BCUT2D eigenvalue weighted by Gasteiger charge is 2.17. The van der Waals surface area contributed by atoms with E-state index in [4.69, 9.17) is 5.11 Å². The number of carbonyl (C=O) groups is 1. The van der Waals surface area contributed by atoms with Crippen LogP contribution < -0.4 is 0 Å². The molecule has 0 aliphatic carbocycles. The van der Waals surface area contributed by atoms with Crippen molar-refractivity contribution in [3.8, 4) is 0 Å². The number of carbonyl (C=O) groups excluding carboxylic acids is 1. The molecule has 1 N–H and O–H groups in total. The third kappa shape index (κ3) is 3.33. The molecule has 4 heteroatoms. The first-order valence-electron chi connectivity index (χ1n) is 6.18. The third-order valence-electron chi connectivity index (χ3n) is 2.81. The van der Waals surface area contributed by atoms with E-state index in [1.54, 1.807) is 4.90 Å². The molecule has 4 nitrogen and oxygen atoms in total. The van der Waals surface area contributed by atoms with E-state index in [0.29, 0.717) is 19.5 Å². The molecule has 0 radical (unpaired) electrons. The molecule has 0 saturated carbocycles. The summed E-state index contributed by atoms with van der Waals surface area (Å²) in [4.78, 5) is 14.1. The Morgan fingerprint density at radius 3 is 2.76 bits per heavy atom. The second kappa shape index (κ2) is 6.45. The first-order valence-corrected chi connectivity index (χ1v) is 6.18. The molecule has 0 fully saturated rings. The largest absolute Gasteiger partial charge is 0.396 e. The molecule has 0 aromatic carbocycles. The molecule has 17 heavy (non-hydrogen) atoms. The quantitative estimate of drug-likeness (QED) is 0.823. The van der Waals surface area contributed by atoms with Crippen LogP contribution in [0.4, 0.5) is 0 Å². The monoisotopic (exact) mass is 238 g/mol. The molecule has 96 valence electrons. The topological polar surface area (TPSA) is 45.5 Å². The van der Waals surface area contributed by atoms with Gasteiger partial charge >= 0.3 is 0 Å². The van der Waals surface area contributed by atoms with Crippen LogP contribution in [-0.4, -0.2) is 40.2 Å². The van der Waals surface area contributed by atoms with E-state index in [2.05, 4.69) is 13.8 Å². The van der Waals surface area contributed by atoms with Crippen LogP contribution in [-0.2, 0) is 0 Å². The van der Waals surface area contributed by atoms with Crippen LogP contribution in [0, 0.1) is 0 Å². The van der Waals surface area contributed by atoms with Gasteiger partial charge in [-0.1, -0.05) is 0 Å². The van der Waals surface area contributed by atoms with Crippen molar-refractivity contribution in [3.05, 3.63) is 24.0 Å². The molecule has 1 heterocycles. The zero-order chi connectivity index (χ0) is 12.8. The second-order valence-electron chi connectivity index (χ2n) is 4.36. The van der Waals surface area contributed by atoms with Gasteiger partial charge < -0.3 is 14.6 Å². The molecule has 0 bridgehead atoms. The number of nitrogens with zero attached hydrogens (tertiary/aromatic N) is 2. The third-order valence-corrected chi connectivity index (χ3v) is 2.81. The van der Waals surface area contributed by atoms with E-state index in [9.17, 15) is 4.79 Å². The summed E-state index contributed by atoms with van der Waals surface area (Å²) >= 11 is 0. The Morgan fingerprint density at radius 1 is 1.53 bits per heavy atom.